The number of nitrogens with one attached hydrogen (secondary N) is 1. The van der Waals surface area contributed by atoms with Crippen molar-refractivity contribution in [2.24, 2.45) is 0 Å². The number of hydrogen-bond donors (Lipinski definition) is 1. The predicted octanol–water partition coefficient (Wildman–Crippen LogP) is 3.28. The predicted molar refractivity (Wildman–Crippen MR) is 104 cm³/mol. The molecular weight excluding hydrogens is 332 g/mol. The number of urea groups is 1. The monoisotopic (exact) mass is 356 g/mol. The molecule has 2 aliphatic rings. The number of benzene rings is 1. The van der Waals surface area contributed by atoms with Crippen molar-refractivity contribution in [3.05, 3.63) is 36.5 Å². The van der Waals surface area contributed by atoms with E-state index in [1.54, 1.807) is 6.20 Å². The summed E-state index contributed by atoms with van der Waals surface area (Å²) in [6.07, 6.45) is 4.34. The van der Waals surface area contributed by atoms with Crippen molar-refractivity contribution in [2.75, 3.05) is 43.0 Å². The lowest BCUT2D eigenvalue weighted by atomic mass is 10.1. The number of para-hydroxylation sites is 1. The molecule has 2 aromatic rings. The molecular formula is C19H24N4OS. The Morgan fingerprint density at radius 3 is 2.64 bits per heavy atom. The third kappa shape index (κ3) is 3.75. The first-order valence-electron chi connectivity index (χ1n) is 9.03. The van der Waals surface area contributed by atoms with E-state index in [1.807, 2.05) is 35.2 Å². The Morgan fingerprint density at radius 2 is 1.84 bits per heavy atom. The fourth-order valence-electron chi connectivity index (χ4n) is 3.74. The van der Waals surface area contributed by atoms with E-state index in [0.717, 1.165) is 42.8 Å². The van der Waals surface area contributed by atoms with Gasteiger partial charge in [0.1, 0.15) is 0 Å². The van der Waals surface area contributed by atoms with Gasteiger partial charge in [0.15, 0.2) is 0 Å². The van der Waals surface area contributed by atoms with Crippen LogP contribution in [0.3, 0.4) is 0 Å². The Kier molecular flexibility index (Phi) is 5.08. The minimum absolute atomic E-state index is 0.0167. The molecule has 1 N–H and O–H groups in total. The SMILES string of the molecule is O=C(Nc1cccc2cccnc12)N1CCN(C2CCSCC2)CC1. The van der Waals surface area contributed by atoms with Gasteiger partial charge in [-0.15, -0.1) is 0 Å². The third-order valence-electron chi connectivity index (χ3n) is 5.18. The first kappa shape index (κ1) is 16.7. The van der Waals surface area contributed by atoms with E-state index >= 15 is 0 Å². The highest BCUT2D eigenvalue weighted by Gasteiger charge is 2.27. The second-order valence-corrected chi connectivity index (χ2v) is 7.90. The van der Waals surface area contributed by atoms with Gasteiger partial charge in [-0.3, -0.25) is 9.88 Å². The van der Waals surface area contributed by atoms with Crippen molar-refractivity contribution >= 4 is 34.4 Å². The van der Waals surface area contributed by atoms with Crippen molar-refractivity contribution in [3.63, 3.8) is 0 Å². The number of piperazine rings is 1. The van der Waals surface area contributed by atoms with E-state index in [0.29, 0.717) is 6.04 Å². The molecule has 6 heteroatoms. The third-order valence-corrected chi connectivity index (χ3v) is 6.23. The Hall–Kier alpha value is -1.79. The van der Waals surface area contributed by atoms with Gasteiger partial charge >= 0.3 is 6.03 Å². The molecule has 0 unspecified atom stereocenters. The summed E-state index contributed by atoms with van der Waals surface area (Å²) in [6.45, 7) is 3.56. The van der Waals surface area contributed by atoms with Gasteiger partial charge < -0.3 is 10.2 Å². The van der Waals surface area contributed by atoms with E-state index in [1.165, 1.54) is 24.3 Å². The molecule has 25 heavy (non-hydrogen) atoms. The Labute approximate surface area is 152 Å². The molecule has 2 aliphatic heterocycles. The first-order valence-corrected chi connectivity index (χ1v) is 10.2. The Morgan fingerprint density at radius 1 is 1.08 bits per heavy atom. The van der Waals surface area contributed by atoms with Gasteiger partial charge in [-0.25, -0.2) is 4.79 Å². The van der Waals surface area contributed by atoms with Crippen LogP contribution in [0, 0.1) is 0 Å². The van der Waals surface area contributed by atoms with E-state index in [9.17, 15) is 4.79 Å². The molecule has 132 valence electrons. The number of carbonyl (C=O) groups excluding carboxylic acids is 1. The lowest BCUT2D eigenvalue weighted by Gasteiger charge is -2.40. The minimum atomic E-state index is -0.0167. The molecule has 0 radical (unpaired) electrons. The van der Waals surface area contributed by atoms with Gasteiger partial charge in [-0.1, -0.05) is 18.2 Å². The number of thioether (sulfide) groups is 1. The van der Waals surface area contributed by atoms with Crippen LogP contribution in [0.2, 0.25) is 0 Å². The summed E-state index contributed by atoms with van der Waals surface area (Å²) in [5.74, 6) is 2.55. The Bertz CT molecular complexity index is 734. The van der Waals surface area contributed by atoms with E-state index < -0.39 is 0 Å². The van der Waals surface area contributed by atoms with Crippen LogP contribution in [0.15, 0.2) is 36.5 Å². The number of aromatic nitrogens is 1. The normalized spacial score (nSPS) is 19.9. The number of anilines is 1. The van der Waals surface area contributed by atoms with Crippen molar-refractivity contribution in [2.45, 2.75) is 18.9 Å². The lowest BCUT2D eigenvalue weighted by molar-refractivity contribution is 0.108. The summed E-state index contributed by atoms with van der Waals surface area (Å²) >= 11 is 2.06. The maximum atomic E-state index is 12.7. The minimum Gasteiger partial charge on any atom is -0.322 e. The average Bonchev–Trinajstić information content (AvgIpc) is 2.69. The van der Waals surface area contributed by atoms with Crippen molar-refractivity contribution in [3.8, 4) is 0 Å². The zero-order valence-corrected chi connectivity index (χ0v) is 15.2. The molecule has 3 heterocycles. The van der Waals surface area contributed by atoms with Gasteiger partial charge in [0.05, 0.1) is 11.2 Å². The van der Waals surface area contributed by atoms with Crippen LogP contribution in [0.5, 0.6) is 0 Å². The summed E-state index contributed by atoms with van der Waals surface area (Å²) < 4.78 is 0. The maximum Gasteiger partial charge on any atom is 0.321 e. The van der Waals surface area contributed by atoms with Crippen molar-refractivity contribution in [1.29, 1.82) is 0 Å². The van der Waals surface area contributed by atoms with Crippen molar-refractivity contribution < 1.29 is 4.79 Å². The summed E-state index contributed by atoms with van der Waals surface area (Å²) in [6, 6.07) is 10.5. The summed E-state index contributed by atoms with van der Waals surface area (Å²) in [5.41, 5.74) is 1.63. The van der Waals surface area contributed by atoms with E-state index in [4.69, 9.17) is 0 Å². The van der Waals surface area contributed by atoms with E-state index in [2.05, 4.69) is 27.0 Å². The van der Waals surface area contributed by atoms with Gasteiger partial charge in [0.25, 0.3) is 0 Å². The van der Waals surface area contributed by atoms with E-state index in [-0.39, 0.29) is 6.03 Å². The van der Waals surface area contributed by atoms with Crippen LogP contribution >= 0.6 is 11.8 Å². The van der Waals surface area contributed by atoms with Gasteiger partial charge in [0.2, 0.25) is 0 Å². The lowest BCUT2D eigenvalue weighted by Crippen LogP contribution is -2.53. The fourth-order valence-corrected chi connectivity index (χ4v) is 4.82. The molecule has 0 aliphatic carbocycles. The molecule has 0 spiro atoms. The number of carbonyl (C=O) groups is 1. The molecule has 2 amide bonds. The molecule has 0 saturated carbocycles. The highest BCUT2D eigenvalue weighted by molar-refractivity contribution is 7.99. The average molecular weight is 356 g/mol. The zero-order chi connectivity index (χ0) is 17.1. The first-order chi connectivity index (χ1) is 12.3. The topological polar surface area (TPSA) is 48.5 Å². The molecule has 2 fully saturated rings. The molecule has 0 atom stereocenters. The number of nitrogens with zero attached hydrogens (tertiary/aromatic N) is 3. The number of amides is 2. The highest BCUT2D eigenvalue weighted by Crippen LogP contribution is 2.24. The molecule has 5 nitrogen and oxygen atoms in total. The standard InChI is InChI=1S/C19H24N4OS/c24-19(21-17-5-1-3-15-4-2-8-20-18(15)17)23-11-9-22(10-12-23)16-6-13-25-14-7-16/h1-5,8,16H,6-7,9-14H2,(H,21,24). The molecule has 4 rings (SSSR count). The van der Waals surface area contributed by atoms with Crippen LogP contribution in [0.25, 0.3) is 10.9 Å². The summed E-state index contributed by atoms with van der Waals surface area (Å²) in [7, 11) is 0. The maximum absolute atomic E-state index is 12.7. The molecule has 1 aromatic heterocycles. The quantitative estimate of drug-likeness (QED) is 0.897. The fraction of sp³-hybridized carbons (Fsp3) is 0.474. The number of hydrogen-bond acceptors (Lipinski definition) is 4. The van der Waals surface area contributed by atoms with Crippen LogP contribution in [-0.2, 0) is 0 Å². The second-order valence-electron chi connectivity index (χ2n) is 6.68. The largest absolute Gasteiger partial charge is 0.322 e. The number of pyridine rings is 1. The Balaban J connectivity index is 1.37. The van der Waals surface area contributed by atoms with Crippen LogP contribution in [0.1, 0.15) is 12.8 Å². The molecule has 0 bridgehead atoms. The molecule has 1 aromatic carbocycles. The molecule has 2 saturated heterocycles. The summed E-state index contributed by atoms with van der Waals surface area (Å²) in [4.78, 5) is 21.6. The van der Waals surface area contributed by atoms with Gasteiger partial charge in [-0.05, 0) is 36.5 Å². The second kappa shape index (κ2) is 7.62. The van der Waals surface area contributed by atoms with Crippen molar-refractivity contribution in [1.82, 2.24) is 14.8 Å². The number of fused-ring (bicyclic) bond motifs is 1. The van der Waals surface area contributed by atoms with Crippen LogP contribution < -0.4 is 5.32 Å². The van der Waals surface area contributed by atoms with Crippen LogP contribution in [0.4, 0.5) is 10.5 Å². The van der Waals surface area contributed by atoms with Crippen LogP contribution in [-0.4, -0.2) is 64.5 Å². The van der Waals surface area contributed by atoms with Gasteiger partial charge in [0, 0.05) is 43.8 Å². The number of rotatable bonds is 2. The summed E-state index contributed by atoms with van der Waals surface area (Å²) in [5, 5.41) is 4.09. The van der Waals surface area contributed by atoms with Gasteiger partial charge in [-0.2, -0.15) is 11.8 Å². The smallest absolute Gasteiger partial charge is 0.321 e. The highest BCUT2D eigenvalue weighted by atomic mass is 32.2. The zero-order valence-electron chi connectivity index (χ0n) is 14.4.